The van der Waals surface area contributed by atoms with E-state index in [1.807, 2.05) is 6.20 Å². The monoisotopic (exact) mass is 375 g/mol. The molecule has 1 aromatic heterocycles. The van der Waals surface area contributed by atoms with Crippen molar-refractivity contribution in [2.75, 3.05) is 6.61 Å². The number of nitrogens with zero attached hydrogens (tertiary/aromatic N) is 1. The van der Waals surface area contributed by atoms with Gasteiger partial charge in [-0.15, -0.1) is 0 Å². The molecule has 2 aromatic rings. The Morgan fingerprint density at radius 1 is 1.00 bits per heavy atom. The summed E-state index contributed by atoms with van der Waals surface area (Å²) in [5.41, 5.74) is 4.87. The molecule has 0 radical (unpaired) electrons. The minimum Gasteiger partial charge on any atom is -0.375 e. The van der Waals surface area contributed by atoms with Gasteiger partial charge < -0.3 is 4.74 Å². The zero-order chi connectivity index (χ0) is 18.9. The van der Waals surface area contributed by atoms with E-state index in [9.17, 15) is 0 Å². The van der Waals surface area contributed by atoms with Crippen LogP contribution >= 0.6 is 0 Å². The van der Waals surface area contributed by atoms with Crippen molar-refractivity contribution in [3.8, 4) is 0 Å². The van der Waals surface area contributed by atoms with Gasteiger partial charge >= 0.3 is 0 Å². The van der Waals surface area contributed by atoms with Crippen molar-refractivity contribution < 1.29 is 4.74 Å². The van der Waals surface area contributed by atoms with Crippen LogP contribution in [0.1, 0.15) is 86.9 Å². The Balaban J connectivity index is 1.33. The van der Waals surface area contributed by atoms with Gasteiger partial charge in [-0.1, -0.05) is 49.6 Å². The minimum atomic E-state index is 0.135. The predicted octanol–water partition coefficient (Wildman–Crippen LogP) is 6.34. The second-order valence-electron chi connectivity index (χ2n) is 9.49. The molecule has 2 heterocycles. The summed E-state index contributed by atoms with van der Waals surface area (Å²) in [7, 11) is 0. The smallest absolute Gasteiger partial charge is 0.0691 e. The van der Waals surface area contributed by atoms with Crippen molar-refractivity contribution in [2.45, 2.75) is 87.6 Å². The predicted molar refractivity (Wildman–Crippen MR) is 114 cm³/mol. The fraction of sp³-hybridized carbons (Fsp3) is 0.577. The molecule has 0 amide bonds. The second kappa shape index (κ2) is 7.63. The number of fused-ring (bicyclic) bond motifs is 1. The highest BCUT2D eigenvalue weighted by Gasteiger charge is 2.48. The van der Waals surface area contributed by atoms with Crippen LogP contribution in [0.15, 0.2) is 48.7 Å². The van der Waals surface area contributed by atoms with Gasteiger partial charge in [0.25, 0.3) is 0 Å². The fourth-order valence-electron chi connectivity index (χ4n) is 6.43. The van der Waals surface area contributed by atoms with E-state index in [-0.39, 0.29) is 11.0 Å². The van der Waals surface area contributed by atoms with Crippen molar-refractivity contribution in [3.05, 3.63) is 65.5 Å². The average Bonchev–Trinajstić information content (AvgIpc) is 3.36. The molecule has 1 spiro atoms. The Kier molecular flexibility index (Phi) is 5.00. The van der Waals surface area contributed by atoms with Crippen molar-refractivity contribution in [1.29, 1.82) is 0 Å². The molecule has 0 unspecified atom stereocenters. The third-order valence-electron chi connectivity index (χ3n) is 7.84. The van der Waals surface area contributed by atoms with Crippen LogP contribution < -0.4 is 0 Å². The maximum absolute atomic E-state index is 6.40. The summed E-state index contributed by atoms with van der Waals surface area (Å²) in [6.45, 7) is 0.906. The van der Waals surface area contributed by atoms with Gasteiger partial charge in [-0.05, 0) is 80.5 Å². The molecule has 148 valence electrons. The highest BCUT2D eigenvalue weighted by molar-refractivity contribution is 5.34. The number of rotatable bonds is 5. The molecule has 0 N–H and O–H groups in total. The number of ether oxygens (including phenoxy) is 1. The Morgan fingerprint density at radius 2 is 1.86 bits per heavy atom. The first-order valence-corrected chi connectivity index (χ1v) is 11.4. The standard InChI is InChI=1S/C26H33NO/c1-2-10-23-21(8-1)12-13-22(23)9-7-14-25(24-11-3-6-18-27-24)17-19-28-26(20-25)15-4-5-16-26/h1-3,6,8,10-11,18,22H,4-5,7,9,12-17,19-20H2/t22-,25-/m1/s1. The van der Waals surface area contributed by atoms with Crippen molar-refractivity contribution in [2.24, 2.45) is 0 Å². The van der Waals surface area contributed by atoms with Crippen LogP contribution in [0.25, 0.3) is 0 Å². The summed E-state index contributed by atoms with van der Waals surface area (Å²) in [4.78, 5) is 4.86. The Morgan fingerprint density at radius 3 is 2.71 bits per heavy atom. The zero-order valence-electron chi connectivity index (χ0n) is 17.0. The Labute approximate surface area is 169 Å². The molecular formula is C26H33NO. The molecule has 28 heavy (non-hydrogen) atoms. The van der Waals surface area contributed by atoms with Crippen LogP contribution in [0, 0.1) is 0 Å². The third kappa shape index (κ3) is 3.41. The molecule has 2 heteroatoms. The van der Waals surface area contributed by atoms with Gasteiger partial charge in [-0.2, -0.15) is 0 Å². The Bertz CT molecular complexity index is 795. The van der Waals surface area contributed by atoms with Gasteiger partial charge in [-0.3, -0.25) is 4.98 Å². The van der Waals surface area contributed by atoms with Gasteiger partial charge in [0.1, 0.15) is 0 Å². The van der Waals surface area contributed by atoms with Crippen LogP contribution in [-0.2, 0) is 16.6 Å². The first kappa shape index (κ1) is 18.4. The minimum absolute atomic E-state index is 0.135. The number of benzene rings is 1. The van der Waals surface area contributed by atoms with E-state index in [2.05, 4.69) is 42.5 Å². The van der Waals surface area contributed by atoms with E-state index in [0.717, 1.165) is 18.9 Å². The molecule has 3 aliphatic rings. The summed E-state index contributed by atoms with van der Waals surface area (Å²) in [6.07, 6.45) is 15.9. The molecule has 2 aliphatic carbocycles. The van der Waals surface area contributed by atoms with E-state index in [1.165, 1.54) is 69.9 Å². The quantitative estimate of drug-likeness (QED) is 0.608. The van der Waals surface area contributed by atoms with Gasteiger partial charge in [0.05, 0.1) is 5.60 Å². The molecule has 0 bridgehead atoms. The molecule has 2 fully saturated rings. The SMILES string of the molecule is c1ccc([C@]2(CCC[C@@H]3CCc4ccccc43)CCOC3(CCCC3)C2)nc1. The van der Waals surface area contributed by atoms with Crippen LogP contribution in [0.5, 0.6) is 0 Å². The van der Waals surface area contributed by atoms with E-state index in [1.54, 1.807) is 11.1 Å². The van der Waals surface area contributed by atoms with Crippen molar-refractivity contribution >= 4 is 0 Å². The number of hydrogen-bond donors (Lipinski definition) is 0. The number of pyridine rings is 1. The van der Waals surface area contributed by atoms with E-state index < -0.39 is 0 Å². The average molecular weight is 376 g/mol. The van der Waals surface area contributed by atoms with Crippen LogP contribution in [-0.4, -0.2) is 17.2 Å². The Hall–Kier alpha value is -1.67. The molecule has 5 rings (SSSR count). The lowest BCUT2D eigenvalue weighted by Crippen LogP contribution is -2.46. The normalized spacial score (nSPS) is 28.5. The van der Waals surface area contributed by atoms with Gasteiger partial charge in [-0.25, -0.2) is 0 Å². The first-order valence-electron chi connectivity index (χ1n) is 11.4. The lowest BCUT2D eigenvalue weighted by atomic mass is 9.67. The topological polar surface area (TPSA) is 22.1 Å². The van der Waals surface area contributed by atoms with Gasteiger partial charge in [0.15, 0.2) is 0 Å². The summed E-state index contributed by atoms with van der Waals surface area (Å²) < 4.78 is 6.40. The third-order valence-corrected chi connectivity index (χ3v) is 7.84. The molecular weight excluding hydrogens is 342 g/mol. The summed E-state index contributed by atoms with van der Waals surface area (Å²) in [5.74, 6) is 0.761. The first-order chi connectivity index (χ1) is 13.8. The fourth-order valence-corrected chi connectivity index (χ4v) is 6.43. The van der Waals surface area contributed by atoms with Crippen LogP contribution in [0.4, 0.5) is 0 Å². The lowest BCUT2D eigenvalue weighted by molar-refractivity contribution is -0.105. The maximum atomic E-state index is 6.40. The maximum Gasteiger partial charge on any atom is 0.0691 e. The number of hydrogen-bond acceptors (Lipinski definition) is 2. The largest absolute Gasteiger partial charge is 0.375 e. The van der Waals surface area contributed by atoms with Crippen LogP contribution in [0.2, 0.25) is 0 Å². The van der Waals surface area contributed by atoms with E-state index >= 15 is 0 Å². The van der Waals surface area contributed by atoms with Gasteiger partial charge in [0, 0.05) is 23.9 Å². The molecule has 2 nitrogen and oxygen atoms in total. The number of aryl methyl sites for hydroxylation is 1. The summed E-state index contributed by atoms with van der Waals surface area (Å²) in [6, 6.07) is 15.6. The van der Waals surface area contributed by atoms with Crippen molar-refractivity contribution in [3.63, 3.8) is 0 Å². The molecule has 1 aliphatic heterocycles. The molecule has 2 atom stereocenters. The highest BCUT2D eigenvalue weighted by Crippen LogP contribution is 2.50. The zero-order valence-corrected chi connectivity index (χ0v) is 17.0. The molecule has 1 aromatic carbocycles. The van der Waals surface area contributed by atoms with Crippen LogP contribution in [0.3, 0.4) is 0 Å². The lowest BCUT2D eigenvalue weighted by Gasteiger charge is -2.46. The molecule has 1 saturated carbocycles. The van der Waals surface area contributed by atoms with E-state index in [4.69, 9.17) is 9.72 Å². The van der Waals surface area contributed by atoms with Gasteiger partial charge in [0.2, 0.25) is 0 Å². The van der Waals surface area contributed by atoms with Crippen molar-refractivity contribution in [1.82, 2.24) is 4.98 Å². The molecule has 1 saturated heterocycles. The van der Waals surface area contributed by atoms with E-state index in [0.29, 0.717) is 0 Å². The second-order valence-corrected chi connectivity index (χ2v) is 9.49. The highest BCUT2D eigenvalue weighted by atomic mass is 16.5. The summed E-state index contributed by atoms with van der Waals surface area (Å²) >= 11 is 0. The number of aromatic nitrogens is 1. The summed E-state index contributed by atoms with van der Waals surface area (Å²) in [5, 5.41) is 0.